The Balaban J connectivity index is 2.30. The molecule has 5 nitrogen and oxygen atoms in total. The molecule has 0 bridgehead atoms. The Hall–Kier alpha value is -1.39. The molecule has 1 aliphatic heterocycles. The molecule has 5 heteroatoms. The van der Waals surface area contributed by atoms with Crippen molar-refractivity contribution in [1.29, 1.82) is 0 Å². The molecule has 1 N–H and O–H groups in total. The Morgan fingerprint density at radius 1 is 1.24 bits per heavy atom. The van der Waals surface area contributed by atoms with E-state index in [1.165, 1.54) is 0 Å². The van der Waals surface area contributed by atoms with Crippen molar-refractivity contribution >= 4 is 17.8 Å². The van der Waals surface area contributed by atoms with Crippen molar-refractivity contribution in [2.45, 2.75) is 71.3 Å². The van der Waals surface area contributed by atoms with Crippen LogP contribution in [-0.2, 0) is 14.4 Å². The molecule has 21 heavy (non-hydrogen) atoms. The molecular formula is C16H25NO4. The van der Waals surface area contributed by atoms with Gasteiger partial charge in [-0.1, -0.05) is 33.1 Å². The van der Waals surface area contributed by atoms with Crippen molar-refractivity contribution in [1.82, 2.24) is 4.90 Å². The van der Waals surface area contributed by atoms with Crippen LogP contribution in [0.1, 0.15) is 65.2 Å². The fourth-order valence-corrected chi connectivity index (χ4v) is 3.88. The fraction of sp³-hybridized carbons (Fsp3) is 0.812. The highest BCUT2D eigenvalue weighted by Crippen LogP contribution is 2.42. The monoisotopic (exact) mass is 295 g/mol. The molecule has 2 rings (SSSR count). The molecule has 2 amide bonds. The van der Waals surface area contributed by atoms with E-state index in [4.69, 9.17) is 0 Å². The maximum Gasteiger partial charge on any atom is 0.327 e. The highest BCUT2D eigenvalue weighted by atomic mass is 16.4. The first kappa shape index (κ1) is 16.0. The van der Waals surface area contributed by atoms with Gasteiger partial charge in [0.25, 0.3) is 0 Å². The molecule has 1 saturated carbocycles. The third-order valence-corrected chi connectivity index (χ3v) is 5.41. The van der Waals surface area contributed by atoms with Gasteiger partial charge < -0.3 is 5.11 Å². The Morgan fingerprint density at radius 2 is 1.81 bits per heavy atom. The molecule has 1 atom stereocenters. The van der Waals surface area contributed by atoms with E-state index in [0.717, 1.165) is 37.0 Å². The van der Waals surface area contributed by atoms with Crippen LogP contribution >= 0.6 is 0 Å². The zero-order valence-electron chi connectivity index (χ0n) is 12.9. The number of amides is 2. The maximum absolute atomic E-state index is 12.7. The van der Waals surface area contributed by atoms with Crippen molar-refractivity contribution in [2.75, 3.05) is 0 Å². The molecule has 118 valence electrons. The van der Waals surface area contributed by atoms with Gasteiger partial charge in [0.15, 0.2) is 0 Å². The van der Waals surface area contributed by atoms with Crippen LogP contribution in [0.5, 0.6) is 0 Å². The van der Waals surface area contributed by atoms with Crippen molar-refractivity contribution in [2.24, 2.45) is 11.3 Å². The Labute approximate surface area is 125 Å². The number of nitrogens with zero attached hydrogens (tertiary/aromatic N) is 1. The smallest absolute Gasteiger partial charge is 0.327 e. The van der Waals surface area contributed by atoms with Crippen LogP contribution < -0.4 is 0 Å². The van der Waals surface area contributed by atoms with E-state index < -0.39 is 17.4 Å². The lowest BCUT2D eigenvalue weighted by Crippen LogP contribution is -2.51. The maximum atomic E-state index is 12.7. The van der Waals surface area contributed by atoms with Crippen LogP contribution in [0.15, 0.2) is 0 Å². The van der Waals surface area contributed by atoms with E-state index >= 15 is 0 Å². The highest BCUT2D eigenvalue weighted by Gasteiger charge is 2.54. The number of imide groups is 1. The van der Waals surface area contributed by atoms with E-state index in [1.807, 2.05) is 13.8 Å². The normalized spacial score (nSPS) is 24.4. The van der Waals surface area contributed by atoms with Gasteiger partial charge in [-0.3, -0.25) is 14.5 Å². The lowest BCUT2D eigenvalue weighted by atomic mass is 9.80. The number of rotatable bonds is 5. The number of carboxylic acids is 1. The van der Waals surface area contributed by atoms with E-state index in [2.05, 4.69) is 0 Å². The average Bonchev–Trinajstić information content (AvgIpc) is 2.73. The molecule has 0 radical (unpaired) electrons. The molecule has 2 aliphatic rings. The van der Waals surface area contributed by atoms with E-state index in [9.17, 15) is 19.5 Å². The molecule has 2 fully saturated rings. The summed E-state index contributed by atoms with van der Waals surface area (Å²) in [7, 11) is 0. The number of aliphatic carboxylic acids is 1. The quantitative estimate of drug-likeness (QED) is 0.791. The van der Waals surface area contributed by atoms with Gasteiger partial charge in [-0.2, -0.15) is 0 Å². The van der Waals surface area contributed by atoms with Crippen LogP contribution in [-0.4, -0.2) is 33.8 Å². The first-order chi connectivity index (χ1) is 9.96. The van der Waals surface area contributed by atoms with Crippen LogP contribution in [0, 0.1) is 11.3 Å². The van der Waals surface area contributed by atoms with Gasteiger partial charge in [-0.25, -0.2) is 4.79 Å². The van der Waals surface area contributed by atoms with Gasteiger partial charge >= 0.3 is 5.97 Å². The molecule has 0 aromatic rings. The third kappa shape index (κ3) is 2.70. The van der Waals surface area contributed by atoms with E-state index in [-0.39, 0.29) is 24.2 Å². The van der Waals surface area contributed by atoms with Gasteiger partial charge in [0.2, 0.25) is 11.8 Å². The largest absolute Gasteiger partial charge is 0.480 e. The lowest BCUT2D eigenvalue weighted by molar-refractivity contribution is -0.158. The second kappa shape index (κ2) is 6.16. The summed E-state index contributed by atoms with van der Waals surface area (Å²) in [5.41, 5.74) is -0.681. The first-order valence-corrected chi connectivity index (χ1v) is 8.06. The fourth-order valence-electron chi connectivity index (χ4n) is 3.88. The van der Waals surface area contributed by atoms with Gasteiger partial charge in [0, 0.05) is 6.42 Å². The number of hydrogen-bond donors (Lipinski definition) is 1. The van der Waals surface area contributed by atoms with Gasteiger partial charge in [-0.15, -0.1) is 0 Å². The summed E-state index contributed by atoms with van der Waals surface area (Å²) in [6, 6.07) is -0.967. The minimum Gasteiger partial charge on any atom is -0.480 e. The summed E-state index contributed by atoms with van der Waals surface area (Å²) < 4.78 is 0. The second-order valence-electron chi connectivity index (χ2n) is 6.41. The van der Waals surface area contributed by atoms with Crippen molar-refractivity contribution in [3.8, 4) is 0 Å². The Kier molecular flexibility index (Phi) is 4.69. The first-order valence-electron chi connectivity index (χ1n) is 8.06. The number of carboxylic acid groups (broad SMARTS) is 1. The molecule has 1 heterocycles. The van der Waals surface area contributed by atoms with E-state index in [0.29, 0.717) is 12.8 Å². The summed E-state index contributed by atoms with van der Waals surface area (Å²) in [6.45, 7) is 3.79. The van der Waals surface area contributed by atoms with Gasteiger partial charge in [0.05, 0.1) is 5.41 Å². The molecule has 1 unspecified atom stereocenters. The van der Waals surface area contributed by atoms with Crippen molar-refractivity contribution in [3.63, 3.8) is 0 Å². The number of likely N-dealkylation sites (tertiary alicyclic amines) is 1. The minimum atomic E-state index is -1.04. The summed E-state index contributed by atoms with van der Waals surface area (Å²) in [5, 5.41) is 9.59. The number of carbonyl (C=O) groups is 3. The van der Waals surface area contributed by atoms with Crippen LogP contribution in [0.2, 0.25) is 0 Å². The zero-order valence-corrected chi connectivity index (χ0v) is 12.9. The standard InChI is InChI=1S/C16H25NO4/c1-3-16(4-2)10-12(18)17(15(16)21)13(14(19)20)11-8-6-5-7-9-11/h11,13H,3-10H2,1-2H3,(H,19,20). The van der Waals surface area contributed by atoms with E-state index in [1.54, 1.807) is 0 Å². The summed E-state index contributed by atoms with van der Waals surface area (Å²) in [6.07, 6.45) is 5.99. The molecule has 1 saturated heterocycles. The second-order valence-corrected chi connectivity index (χ2v) is 6.41. The number of hydrogen-bond acceptors (Lipinski definition) is 3. The SMILES string of the molecule is CCC1(CC)CC(=O)N(C(C(=O)O)C2CCCCC2)C1=O. The highest BCUT2D eigenvalue weighted by molar-refractivity contribution is 6.08. The predicted octanol–water partition coefficient (Wildman–Crippen LogP) is 2.59. The minimum absolute atomic E-state index is 0.0892. The number of carbonyl (C=O) groups excluding carboxylic acids is 2. The zero-order chi connectivity index (χ0) is 15.6. The van der Waals surface area contributed by atoms with Crippen LogP contribution in [0.25, 0.3) is 0 Å². The predicted molar refractivity (Wildman–Crippen MR) is 77.5 cm³/mol. The summed E-state index contributed by atoms with van der Waals surface area (Å²) >= 11 is 0. The van der Waals surface area contributed by atoms with Gasteiger partial charge in [0.1, 0.15) is 6.04 Å². The molecule has 0 aromatic heterocycles. The lowest BCUT2D eigenvalue weighted by Gasteiger charge is -2.33. The molecule has 0 spiro atoms. The Morgan fingerprint density at radius 3 is 2.24 bits per heavy atom. The average molecular weight is 295 g/mol. The molecular weight excluding hydrogens is 270 g/mol. The topological polar surface area (TPSA) is 74.7 Å². The summed E-state index contributed by atoms with van der Waals surface area (Å²) in [4.78, 5) is 37.9. The van der Waals surface area contributed by atoms with Crippen LogP contribution in [0.3, 0.4) is 0 Å². The summed E-state index contributed by atoms with van der Waals surface area (Å²) in [5.74, 6) is -1.70. The van der Waals surface area contributed by atoms with Crippen molar-refractivity contribution < 1.29 is 19.5 Å². The Bertz CT molecular complexity index is 436. The molecule has 0 aromatic carbocycles. The van der Waals surface area contributed by atoms with Gasteiger partial charge in [-0.05, 0) is 31.6 Å². The van der Waals surface area contributed by atoms with Crippen molar-refractivity contribution in [3.05, 3.63) is 0 Å². The molecule has 1 aliphatic carbocycles. The third-order valence-electron chi connectivity index (χ3n) is 5.41. The van der Waals surface area contributed by atoms with Crippen LogP contribution in [0.4, 0.5) is 0 Å².